The Morgan fingerprint density at radius 2 is 2.40 bits per heavy atom. The molecule has 0 aromatic heterocycles. The van der Waals surface area contributed by atoms with E-state index >= 15 is 0 Å². The zero-order chi connectivity index (χ0) is 13.8. The fourth-order valence-corrected chi connectivity index (χ4v) is 3.13. The molecule has 0 bridgehead atoms. The molecule has 1 aromatic rings. The lowest BCUT2D eigenvalue weighted by molar-refractivity contribution is 0.183. The van der Waals surface area contributed by atoms with E-state index in [0.29, 0.717) is 0 Å². The summed E-state index contributed by atoms with van der Waals surface area (Å²) >= 11 is 0. The van der Waals surface area contributed by atoms with Crippen LogP contribution in [0.1, 0.15) is 18.4 Å². The topological polar surface area (TPSA) is 33.7 Å². The number of rotatable bonds is 3. The van der Waals surface area contributed by atoms with E-state index in [0.717, 1.165) is 43.7 Å². The van der Waals surface area contributed by atoms with Crippen LogP contribution in [-0.4, -0.2) is 44.8 Å². The molecule has 0 saturated carbocycles. The van der Waals surface area contributed by atoms with Gasteiger partial charge in [0, 0.05) is 31.3 Å². The first kappa shape index (κ1) is 13.7. The Hall–Kier alpha value is -1.26. The quantitative estimate of drug-likeness (QED) is 0.914. The fourth-order valence-electron chi connectivity index (χ4n) is 3.13. The van der Waals surface area contributed by atoms with Gasteiger partial charge >= 0.3 is 0 Å². The van der Waals surface area contributed by atoms with E-state index in [4.69, 9.17) is 9.47 Å². The van der Waals surface area contributed by atoms with Crippen LogP contribution in [0, 0.1) is 5.92 Å². The lowest BCUT2D eigenvalue weighted by Gasteiger charge is -2.28. The number of piperidine rings is 1. The molecule has 3 rings (SSSR count). The fraction of sp³-hybridized carbons (Fsp3) is 0.625. The third kappa shape index (κ3) is 3.25. The van der Waals surface area contributed by atoms with Crippen molar-refractivity contribution in [2.75, 3.05) is 39.9 Å². The zero-order valence-corrected chi connectivity index (χ0v) is 12.2. The molecule has 4 heteroatoms. The van der Waals surface area contributed by atoms with Gasteiger partial charge in [0.15, 0.2) is 0 Å². The van der Waals surface area contributed by atoms with Crippen molar-refractivity contribution in [1.29, 1.82) is 0 Å². The van der Waals surface area contributed by atoms with Crippen LogP contribution in [0.4, 0.5) is 0 Å². The van der Waals surface area contributed by atoms with Crippen LogP contribution in [0.3, 0.4) is 0 Å². The van der Waals surface area contributed by atoms with E-state index in [-0.39, 0.29) is 0 Å². The second-order valence-electron chi connectivity index (χ2n) is 5.77. The first-order chi connectivity index (χ1) is 9.85. The van der Waals surface area contributed by atoms with E-state index in [2.05, 4.69) is 16.3 Å². The minimum atomic E-state index is 0.764. The SMILES string of the molecule is COc1ccc2c(c1)OCCN(CC1CCCNC1)C2. The van der Waals surface area contributed by atoms with Gasteiger partial charge in [-0.2, -0.15) is 0 Å². The largest absolute Gasteiger partial charge is 0.497 e. The van der Waals surface area contributed by atoms with Crippen LogP contribution in [0.25, 0.3) is 0 Å². The summed E-state index contributed by atoms with van der Waals surface area (Å²) in [4.78, 5) is 2.52. The summed E-state index contributed by atoms with van der Waals surface area (Å²) in [5.41, 5.74) is 1.27. The van der Waals surface area contributed by atoms with Gasteiger partial charge in [-0.15, -0.1) is 0 Å². The van der Waals surface area contributed by atoms with Crippen molar-refractivity contribution in [3.63, 3.8) is 0 Å². The highest BCUT2D eigenvalue weighted by Gasteiger charge is 2.20. The third-order valence-corrected chi connectivity index (χ3v) is 4.25. The first-order valence-corrected chi connectivity index (χ1v) is 7.58. The average Bonchev–Trinajstić information content (AvgIpc) is 2.69. The lowest BCUT2D eigenvalue weighted by atomic mass is 9.99. The van der Waals surface area contributed by atoms with E-state index < -0.39 is 0 Å². The molecule has 1 aromatic carbocycles. The molecule has 0 spiro atoms. The molecular weight excluding hydrogens is 252 g/mol. The van der Waals surface area contributed by atoms with Crippen molar-refractivity contribution in [2.24, 2.45) is 5.92 Å². The molecule has 1 unspecified atom stereocenters. The van der Waals surface area contributed by atoms with E-state index in [1.54, 1.807) is 7.11 Å². The van der Waals surface area contributed by atoms with Crippen LogP contribution in [0.2, 0.25) is 0 Å². The predicted molar refractivity (Wildman–Crippen MR) is 79.4 cm³/mol. The number of ether oxygens (including phenoxy) is 2. The molecule has 0 radical (unpaired) electrons. The second-order valence-corrected chi connectivity index (χ2v) is 5.77. The summed E-state index contributed by atoms with van der Waals surface area (Å²) in [6, 6.07) is 6.15. The van der Waals surface area contributed by atoms with E-state index in [9.17, 15) is 0 Å². The highest BCUT2D eigenvalue weighted by Crippen LogP contribution is 2.28. The summed E-state index contributed by atoms with van der Waals surface area (Å²) in [5, 5.41) is 3.50. The maximum absolute atomic E-state index is 5.87. The predicted octanol–water partition coefficient (Wildman–Crippen LogP) is 1.89. The van der Waals surface area contributed by atoms with Gasteiger partial charge in [0.2, 0.25) is 0 Å². The number of hydrogen-bond donors (Lipinski definition) is 1. The molecular formula is C16H24N2O2. The smallest absolute Gasteiger partial charge is 0.127 e. The molecule has 1 saturated heterocycles. The summed E-state index contributed by atoms with van der Waals surface area (Å²) in [7, 11) is 1.70. The number of hydrogen-bond acceptors (Lipinski definition) is 4. The number of nitrogens with zero attached hydrogens (tertiary/aromatic N) is 1. The molecule has 2 heterocycles. The van der Waals surface area contributed by atoms with Gasteiger partial charge in [0.25, 0.3) is 0 Å². The molecule has 1 fully saturated rings. The Labute approximate surface area is 121 Å². The Balaban J connectivity index is 1.66. The molecule has 2 aliphatic rings. The van der Waals surface area contributed by atoms with Gasteiger partial charge in [-0.1, -0.05) is 6.07 Å². The van der Waals surface area contributed by atoms with Crippen molar-refractivity contribution < 1.29 is 9.47 Å². The molecule has 20 heavy (non-hydrogen) atoms. The van der Waals surface area contributed by atoms with Gasteiger partial charge in [-0.05, 0) is 37.9 Å². The van der Waals surface area contributed by atoms with Gasteiger partial charge in [0.1, 0.15) is 18.1 Å². The summed E-state index contributed by atoms with van der Waals surface area (Å²) < 4.78 is 11.1. The maximum atomic E-state index is 5.87. The van der Waals surface area contributed by atoms with Crippen molar-refractivity contribution in [2.45, 2.75) is 19.4 Å². The van der Waals surface area contributed by atoms with E-state index in [1.165, 1.54) is 31.5 Å². The van der Waals surface area contributed by atoms with Crippen LogP contribution in [0.15, 0.2) is 18.2 Å². The van der Waals surface area contributed by atoms with Crippen LogP contribution in [-0.2, 0) is 6.54 Å². The normalized spacial score (nSPS) is 23.6. The minimum absolute atomic E-state index is 0.764. The minimum Gasteiger partial charge on any atom is -0.497 e. The average molecular weight is 276 g/mol. The van der Waals surface area contributed by atoms with Crippen molar-refractivity contribution >= 4 is 0 Å². The molecule has 1 N–H and O–H groups in total. The van der Waals surface area contributed by atoms with Crippen LogP contribution >= 0.6 is 0 Å². The van der Waals surface area contributed by atoms with Gasteiger partial charge < -0.3 is 14.8 Å². The number of benzene rings is 1. The monoisotopic (exact) mass is 276 g/mol. The van der Waals surface area contributed by atoms with Crippen LogP contribution in [0.5, 0.6) is 11.5 Å². The Morgan fingerprint density at radius 1 is 1.45 bits per heavy atom. The first-order valence-electron chi connectivity index (χ1n) is 7.58. The Bertz CT molecular complexity index is 444. The molecule has 2 aliphatic heterocycles. The molecule has 0 aliphatic carbocycles. The maximum Gasteiger partial charge on any atom is 0.127 e. The van der Waals surface area contributed by atoms with Gasteiger partial charge in [0.05, 0.1) is 7.11 Å². The molecule has 4 nitrogen and oxygen atoms in total. The van der Waals surface area contributed by atoms with Gasteiger partial charge in [-0.3, -0.25) is 4.90 Å². The third-order valence-electron chi connectivity index (χ3n) is 4.25. The van der Waals surface area contributed by atoms with Crippen molar-refractivity contribution in [1.82, 2.24) is 10.2 Å². The summed E-state index contributed by atoms with van der Waals surface area (Å²) in [5.74, 6) is 2.63. The summed E-state index contributed by atoms with van der Waals surface area (Å²) in [6.07, 6.45) is 2.66. The zero-order valence-electron chi connectivity index (χ0n) is 12.2. The second kappa shape index (κ2) is 6.46. The molecule has 0 amide bonds. The Kier molecular flexibility index (Phi) is 4.43. The van der Waals surface area contributed by atoms with Crippen molar-refractivity contribution in [3.05, 3.63) is 23.8 Å². The van der Waals surface area contributed by atoms with Crippen LogP contribution < -0.4 is 14.8 Å². The van der Waals surface area contributed by atoms with E-state index in [1.807, 2.05) is 12.1 Å². The highest BCUT2D eigenvalue weighted by molar-refractivity contribution is 5.41. The highest BCUT2D eigenvalue weighted by atomic mass is 16.5. The number of methoxy groups -OCH3 is 1. The lowest BCUT2D eigenvalue weighted by Crippen LogP contribution is -2.38. The number of nitrogens with one attached hydrogen (secondary N) is 1. The van der Waals surface area contributed by atoms with Gasteiger partial charge in [-0.25, -0.2) is 0 Å². The summed E-state index contributed by atoms with van der Waals surface area (Å²) in [6.45, 7) is 6.26. The Morgan fingerprint density at radius 3 is 3.20 bits per heavy atom. The van der Waals surface area contributed by atoms with Crippen molar-refractivity contribution in [3.8, 4) is 11.5 Å². The standard InChI is InChI=1S/C16H24N2O2/c1-19-15-5-4-14-12-18(7-8-20-16(14)9-15)11-13-3-2-6-17-10-13/h4-5,9,13,17H,2-3,6-8,10-12H2,1H3. The molecule has 1 atom stereocenters. The molecule has 110 valence electrons. The number of fused-ring (bicyclic) bond motifs is 1.